The molecule has 0 amide bonds. The summed E-state index contributed by atoms with van der Waals surface area (Å²) in [7, 11) is 1.35. The number of ether oxygens (including phenoxy) is 1. The first-order valence-corrected chi connectivity index (χ1v) is 7.67. The number of rotatable bonds is 3. The highest BCUT2D eigenvalue weighted by Crippen LogP contribution is 2.27. The van der Waals surface area contributed by atoms with Crippen LogP contribution in [0.25, 0.3) is 0 Å². The molecule has 3 heterocycles. The van der Waals surface area contributed by atoms with Crippen LogP contribution in [-0.2, 0) is 4.74 Å². The van der Waals surface area contributed by atoms with Crippen LogP contribution in [0.15, 0.2) is 12.3 Å². The zero-order valence-corrected chi connectivity index (χ0v) is 12.4. The van der Waals surface area contributed by atoms with Gasteiger partial charge in [-0.1, -0.05) is 0 Å². The number of carbonyl (C=O) groups excluding carboxylic acids is 1. The molecule has 6 nitrogen and oxygen atoms in total. The number of nitrogens with one attached hydrogen (secondary N) is 1. The van der Waals surface area contributed by atoms with E-state index in [9.17, 15) is 4.79 Å². The first-order valence-electron chi connectivity index (χ1n) is 7.67. The molecule has 2 aliphatic heterocycles. The Kier molecular flexibility index (Phi) is 4.34. The van der Waals surface area contributed by atoms with Gasteiger partial charge in [0.15, 0.2) is 0 Å². The van der Waals surface area contributed by atoms with Crippen LogP contribution in [-0.4, -0.2) is 48.7 Å². The molecule has 2 saturated heterocycles. The second kappa shape index (κ2) is 6.39. The van der Waals surface area contributed by atoms with Crippen molar-refractivity contribution in [1.29, 1.82) is 0 Å². The van der Waals surface area contributed by atoms with Crippen molar-refractivity contribution in [1.82, 2.24) is 15.3 Å². The van der Waals surface area contributed by atoms with Crippen molar-refractivity contribution >= 4 is 11.8 Å². The van der Waals surface area contributed by atoms with E-state index in [1.54, 1.807) is 6.20 Å². The minimum absolute atomic E-state index is 0.134. The van der Waals surface area contributed by atoms with Gasteiger partial charge < -0.3 is 15.0 Å². The van der Waals surface area contributed by atoms with Gasteiger partial charge >= 0.3 is 5.97 Å². The Morgan fingerprint density at radius 2 is 2.19 bits per heavy atom. The van der Waals surface area contributed by atoms with Crippen molar-refractivity contribution in [3.05, 3.63) is 18.1 Å². The predicted octanol–water partition coefficient (Wildman–Crippen LogP) is 1.23. The maximum atomic E-state index is 11.5. The fourth-order valence-corrected chi connectivity index (χ4v) is 3.36. The zero-order valence-electron chi connectivity index (χ0n) is 12.4. The number of aromatic nitrogens is 2. The van der Waals surface area contributed by atoms with Crippen molar-refractivity contribution in [2.24, 2.45) is 5.92 Å². The van der Waals surface area contributed by atoms with Crippen LogP contribution in [0.1, 0.15) is 36.3 Å². The quantitative estimate of drug-likeness (QED) is 0.845. The highest BCUT2D eigenvalue weighted by atomic mass is 16.5. The Bertz CT molecular complexity index is 494. The van der Waals surface area contributed by atoms with Gasteiger partial charge in [0.25, 0.3) is 0 Å². The SMILES string of the molecule is COC(=O)c1nccc(N2CCC(C3CCCN3)CC2)n1. The molecule has 6 heteroatoms. The van der Waals surface area contributed by atoms with Gasteiger partial charge in [-0.15, -0.1) is 0 Å². The summed E-state index contributed by atoms with van der Waals surface area (Å²) in [6, 6.07) is 2.56. The van der Waals surface area contributed by atoms with E-state index in [1.165, 1.54) is 39.3 Å². The maximum Gasteiger partial charge on any atom is 0.376 e. The summed E-state index contributed by atoms with van der Waals surface area (Å²) in [6.07, 6.45) is 6.59. The minimum Gasteiger partial charge on any atom is -0.463 e. The number of anilines is 1. The van der Waals surface area contributed by atoms with Crippen LogP contribution in [0, 0.1) is 5.92 Å². The van der Waals surface area contributed by atoms with E-state index in [4.69, 9.17) is 0 Å². The van der Waals surface area contributed by atoms with Gasteiger partial charge in [0.2, 0.25) is 5.82 Å². The molecule has 1 aromatic rings. The average Bonchev–Trinajstić information content (AvgIpc) is 3.09. The van der Waals surface area contributed by atoms with Crippen molar-refractivity contribution in [2.75, 3.05) is 31.6 Å². The van der Waals surface area contributed by atoms with E-state index >= 15 is 0 Å². The molecule has 1 aromatic heterocycles. The third kappa shape index (κ3) is 3.15. The van der Waals surface area contributed by atoms with Gasteiger partial charge in [0.05, 0.1) is 7.11 Å². The lowest BCUT2D eigenvalue weighted by atomic mass is 9.88. The predicted molar refractivity (Wildman–Crippen MR) is 79.3 cm³/mol. The van der Waals surface area contributed by atoms with Gasteiger partial charge in [0.1, 0.15) is 5.82 Å². The summed E-state index contributed by atoms with van der Waals surface area (Å²) in [5, 5.41) is 3.61. The Balaban J connectivity index is 1.62. The minimum atomic E-state index is -0.484. The maximum absolute atomic E-state index is 11.5. The summed E-state index contributed by atoms with van der Waals surface area (Å²) in [5.41, 5.74) is 0. The topological polar surface area (TPSA) is 67.3 Å². The molecule has 0 spiro atoms. The molecular formula is C15H22N4O2. The molecule has 2 aliphatic rings. The number of hydrogen-bond donors (Lipinski definition) is 1. The third-order valence-electron chi connectivity index (χ3n) is 4.54. The highest BCUT2D eigenvalue weighted by Gasteiger charge is 2.28. The van der Waals surface area contributed by atoms with E-state index in [0.29, 0.717) is 6.04 Å². The summed E-state index contributed by atoms with van der Waals surface area (Å²) in [5.74, 6) is 1.24. The van der Waals surface area contributed by atoms with Gasteiger partial charge in [-0.3, -0.25) is 0 Å². The number of hydrogen-bond acceptors (Lipinski definition) is 6. The second-order valence-electron chi connectivity index (χ2n) is 5.76. The molecule has 1 N–H and O–H groups in total. The average molecular weight is 290 g/mol. The fraction of sp³-hybridized carbons (Fsp3) is 0.667. The molecule has 0 bridgehead atoms. The lowest BCUT2D eigenvalue weighted by molar-refractivity contribution is 0.0586. The summed E-state index contributed by atoms with van der Waals surface area (Å²) < 4.78 is 4.67. The molecule has 114 valence electrons. The molecule has 0 radical (unpaired) electrons. The van der Waals surface area contributed by atoms with Crippen LogP contribution in [0.5, 0.6) is 0 Å². The van der Waals surface area contributed by atoms with Crippen molar-refractivity contribution in [3.63, 3.8) is 0 Å². The molecule has 2 fully saturated rings. The Hall–Kier alpha value is -1.69. The van der Waals surface area contributed by atoms with Crippen molar-refractivity contribution in [3.8, 4) is 0 Å². The lowest BCUT2D eigenvalue weighted by Crippen LogP contribution is -2.41. The van der Waals surface area contributed by atoms with Crippen molar-refractivity contribution < 1.29 is 9.53 Å². The Morgan fingerprint density at radius 1 is 1.38 bits per heavy atom. The fourth-order valence-electron chi connectivity index (χ4n) is 3.36. The number of piperidine rings is 1. The zero-order chi connectivity index (χ0) is 14.7. The molecule has 0 aliphatic carbocycles. The van der Waals surface area contributed by atoms with Gasteiger partial charge in [-0.05, 0) is 44.2 Å². The van der Waals surface area contributed by atoms with Crippen molar-refractivity contribution in [2.45, 2.75) is 31.7 Å². The van der Waals surface area contributed by atoms with E-state index in [2.05, 4.69) is 24.9 Å². The van der Waals surface area contributed by atoms with E-state index < -0.39 is 5.97 Å². The third-order valence-corrected chi connectivity index (χ3v) is 4.54. The van der Waals surface area contributed by atoms with Crippen LogP contribution in [0.4, 0.5) is 5.82 Å². The monoisotopic (exact) mass is 290 g/mol. The van der Waals surface area contributed by atoms with Gasteiger partial charge in [-0.2, -0.15) is 0 Å². The highest BCUT2D eigenvalue weighted by molar-refractivity contribution is 5.85. The summed E-state index contributed by atoms with van der Waals surface area (Å²) in [6.45, 7) is 3.14. The van der Waals surface area contributed by atoms with Crippen LogP contribution < -0.4 is 10.2 Å². The molecule has 1 unspecified atom stereocenters. The summed E-state index contributed by atoms with van der Waals surface area (Å²) in [4.78, 5) is 22.0. The lowest BCUT2D eigenvalue weighted by Gasteiger charge is -2.35. The number of nitrogens with zero attached hydrogens (tertiary/aromatic N) is 3. The molecular weight excluding hydrogens is 268 g/mol. The second-order valence-corrected chi connectivity index (χ2v) is 5.76. The van der Waals surface area contributed by atoms with Crippen LogP contribution in [0.2, 0.25) is 0 Å². The Morgan fingerprint density at radius 3 is 2.86 bits per heavy atom. The first-order chi connectivity index (χ1) is 10.3. The number of carbonyl (C=O) groups is 1. The van der Waals surface area contributed by atoms with Crippen LogP contribution >= 0.6 is 0 Å². The molecule has 0 aromatic carbocycles. The Labute approximate surface area is 124 Å². The smallest absolute Gasteiger partial charge is 0.376 e. The van der Waals surface area contributed by atoms with E-state index in [1.807, 2.05) is 6.07 Å². The molecule has 1 atom stereocenters. The normalized spacial score (nSPS) is 23.3. The van der Waals surface area contributed by atoms with Crippen LogP contribution in [0.3, 0.4) is 0 Å². The summed E-state index contributed by atoms with van der Waals surface area (Å²) >= 11 is 0. The molecule has 3 rings (SSSR count). The number of methoxy groups -OCH3 is 1. The van der Waals surface area contributed by atoms with E-state index in [-0.39, 0.29) is 5.82 Å². The van der Waals surface area contributed by atoms with E-state index in [0.717, 1.165) is 24.8 Å². The largest absolute Gasteiger partial charge is 0.463 e. The number of esters is 1. The molecule has 0 saturated carbocycles. The standard InChI is InChI=1S/C15H22N4O2/c1-21-15(20)14-17-8-4-13(18-14)19-9-5-11(6-10-19)12-3-2-7-16-12/h4,8,11-12,16H,2-3,5-7,9-10H2,1H3. The van der Waals surface area contributed by atoms with Gasteiger partial charge in [-0.25, -0.2) is 14.8 Å². The van der Waals surface area contributed by atoms with Gasteiger partial charge in [0, 0.05) is 25.3 Å². The first kappa shape index (κ1) is 14.3. The molecule has 21 heavy (non-hydrogen) atoms.